The first-order valence-corrected chi connectivity index (χ1v) is 13.2. The molecule has 0 aromatic heterocycles. The van der Waals surface area contributed by atoms with Gasteiger partial charge < -0.3 is 9.47 Å². The van der Waals surface area contributed by atoms with Gasteiger partial charge in [0.15, 0.2) is 0 Å². The van der Waals surface area contributed by atoms with Gasteiger partial charge in [-0.15, -0.1) is 0 Å². The number of carbonyl (C=O) groups excluding carboxylic acids is 1. The predicted octanol–water partition coefficient (Wildman–Crippen LogP) is 8.89. The minimum Gasteiger partial charge on any atom is -0.494 e. The lowest BCUT2D eigenvalue weighted by Gasteiger charge is -2.40. The van der Waals surface area contributed by atoms with Gasteiger partial charge in [-0.05, 0) is 66.4 Å². The normalized spacial score (nSPS) is 15.6. The van der Waals surface area contributed by atoms with Crippen molar-refractivity contribution in [1.29, 1.82) is 0 Å². The number of hydrogen-bond acceptors (Lipinski definition) is 3. The number of rotatable bonds is 13. The van der Waals surface area contributed by atoms with E-state index in [1.807, 2.05) is 0 Å². The lowest BCUT2D eigenvalue weighted by Crippen LogP contribution is -2.31. The Morgan fingerprint density at radius 1 is 0.914 bits per heavy atom. The molecule has 0 aliphatic carbocycles. The number of allylic oxidation sites excluding steroid dienone is 1. The summed E-state index contributed by atoms with van der Waals surface area (Å²) in [5, 5.41) is 0. The van der Waals surface area contributed by atoms with Crippen LogP contribution in [0.1, 0.15) is 106 Å². The Hall–Kier alpha value is -2.03. The molecule has 0 aliphatic rings. The van der Waals surface area contributed by atoms with Gasteiger partial charge in [0.1, 0.15) is 13.2 Å². The van der Waals surface area contributed by atoms with Gasteiger partial charge in [-0.3, -0.25) is 0 Å². The maximum atomic E-state index is 11.7. The Kier molecular flexibility index (Phi) is 11.3. The number of hydrogen-bond donors (Lipinski definition) is 0. The number of benzene rings is 1. The van der Waals surface area contributed by atoms with Crippen LogP contribution in [0.2, 0.25) is 0 Å². The van der Waals surface area contributed by atoms with Crippen LogP contribution in [0.15, 0.2) is 48.8 Å². The van der Waals surface area contributed by atoms with Crippen LogP contribution in [0.3, 0.4) is 0 Å². The summed E-state index contributed by atoms with van der Waals surface area (Å²) in [5.41, 5.74) is 3.32. The molecule has 3 unspecified atom stereocenters. The lowest BCUT2D eigenvalue weighted by atomic mass is 9.66. The second-order valence-corrected chi connectivity index (χ2v) is 12.8. The molecule has 0 fully saturated rings. The maximum Gasteiger partial charge on any atom is 0.333 e. The van der Waals surface area contributed by atoms with Crippen molar-refractivity contribution in [3.05, 3.63) is 59.9 Å². The fourth-order valence-corrected chi connectivity index (χ4v) is 4.48. The van der Waals surface area contributed by atoms with E-state index >= 15 is 0 Å². The molecule has 1 aromatic carbocycles. The van der Waals surface area contributed by atoms with E-state index in [2.05, 4.69) is 99.7 Å². The molecule has 0 saturated carbocycles. The molecule has 1 aromatic rings. The second-order valence-electron chi connectivity index (χ2n) is 12.8. The molecule has 0 aliphatic heterocycles. The highest BCUT2D eigenvalue weighted by Crippen LogP contribution is 2.47. The van der Waals surface area contributed by atoms with Crippen molar-refractivity contribution in [2.75, 3.05) is 13.2 Å². The van der Waals surface area contributed by atoms with Crippen LogP contribution in [0.25, 0.3) is 0 Å². The Bertz CT molecular complexity index is 835. The molecule has 0 spiro atoms. The number of esters is 1. The summed E-state index contributed by atoms with van der Waals surface area (Å²) in [7, 11) is 0. The minimum atomic E-state index is -0.384. The molecule has 3 atom stereocenters. The van der Waals surface area contributed by atoms with E-state index in [1.165, 1.54) is 11.1 Å². The van der Waals surface area contributed by atoms with Gasteiger partial charge in [0, 0.05) is 11.0 Å². The Labute approximate surface area is 216 Å². The first kappa shape index (κ1) is 31.0. The van der Waals surface area contributed by atoms with E-state index in [9.17, 15) is 4.79 Å². The van der Waals surface area contributed by atoms with Gasteiger partial charge in [0.25, 0.3) is 0 Å². The van der Waals surface area contributed by atoms with E-state index < -0.39 is 0 Å². The molecule has 1 rings (SSSR count). The van der Waals surface area contributed by atoms with E-state index in [1.54, 1.807) is 6.92 Å². The standard InChI is InChI=1S/C32H52O3/c1-13-26-14-16-27(17-15-26)28(31(9,10)11)18-19-32(12,22-24(4)30(6,7)8)25(5)34-20-21-35-29(33)23(2)3/h14-17,24,28H,2,5,13,18-22H2,1,3-4,6-12H3. The van der Waals surface area contributed by atoms with E-state index in [4.69, 9.17) is 9.47 Å². The van der Waals surface area contributed by atoms with Crippen molar-refractivity contribution in [1.82, 2.24) is 0 Å². The van der Waals surface area contributed by atoms with Crippen LogP contribution in [0.5, 0.6) is 0 Å². The molecule has 198 valence electrons. The van der Waals surface area contributed by atoms with Crippen LogP contribution in [-0.4, -0.2) is 19.2 Å². The third kappa shape index (κ3) is 9.86. The summed E-state index contributed by atoms with van der Waals surface area (Å²) < 4.78 is 11.3. The Morgan fingerprint density at radius 3 is 1.91 bits per heavy atom. The second kappa shape index (κ2) is 12.8. The van der Waals surface area contributed by atoms with Crippen molar-refractivity contribution in [2.24, 2.45) is 22.2 Å². The molecule has 35 heavy (non-hydrogen) atoms. The summed E-state index contributed by atoms with van der Waals surface area (Å²) in [6, 6.07) is 9.16. The fraction of sp³-hybridized carbons (Fsp3) is 0.656. The highest BCUT2D eigenvalue weighted by Gasteiger charge is 2.37. The Morgan fingerprint density at radius 2 is 1.46 bits per heavy atom. The van der Waals surface area contributed by atoms with E-state index in [0.717, 1.165) is 31.4 Å². The van der Waals surface area contributed by atoms with Crippen molar-refractivity contribution in [3.63, 3.8) is 0 Å². The third-order valence-electron chi connectivity index (χ3n) is 7.67. The van der Waals surface area contributed by atoms with Crippen LogP contribution < -0.4 is 0 Å². The molecule has 0 bridgehead atoms. The van der Waals surface area contributed by atoms with Crippen molar-refractivity contribution >= 4 is 5.97 Å². The molecular formula is C32H52O3. The topological polar surface area (TPSA) is 35.5 Å². The van der Waals surface area contributed by atoms with Crippen LogP contribution in [0, 0.1) is 22.2 Å². The van der Waals surface area contributed by atoms with Crippen LogP contribution in [-0.2, 0) is 20.7 Å². The zero-order valence-electron chi connectivity index (χ0n) is 24.3. The molecule has 0 N–H and O–H groups in total. The summed E-state index contributed by atoms with van der Waals surface area (Å²) >= 11 is 0. The van der Waals surface area contributed by atoms with Crippen LogP contribution >= 0.6 is 0 Å². The smallest absolute Gasteiger partial charge is 0.333 e. The molecular weight excluding hydrogens is 432 g/mol. The molecule has 0 radical (unpaired) electrons. The monoisotopic (exact) mass is 484 g/mol. The summed E-state index contributed by atoms with van der Waals surface area (Å²) in [6.45, 7) is 30.9. The van der Waals surface area contributed by atoms with Gasteiger partial charge >= 0.3 is 5.97 Å². The summed E-state index contributed by atoms with van der Waals surface area (Å²) in [5.74, 6) is 1.33. The maximum absolute atomic E-state index is 11.7. The first-order chi connectivity index (χ1) is 16.0. The third-order valence-corrected chi connectivity index (χ3v) is 7.67. The fourth-order valence-electron chi connectivity index (χ4n) is 4.48. The van der Waals surface area contributed by atoms with Crippen molar-refractivity contribution in [3.8, 4) is 0 Å². The Balaban J connectivity index is 3.06. The molecule has 0 heterocycles. The van der Waals surface area contributed by atoms with Gasteiger partial charge in [-0.2, -0.15) is 0 Å². The largest absolute Gasteiger partial charge is 0.494 e. The first-order valence-electron chi connectivity index (χ1n) is 13.2. The quantitative estimate of drug-likeness (QED) is 0.121. The van der Waals surface area contributed by atoms with E-state index in [-0.39, 0.29) is 28.8 Å². The number of carbonyl (C=O) groups is 1. The lowest BCUT2D eigenvalue weighted by molar-refractivity contribution is -0.140. The highest BCUT2D eigenvalue weighted by molar-refractivity contribution is 5.86. The van der Waals surface area contributed by atoms with E-state index in [0.29, 0.717) is 24.0 Å². The molecule has 3 heteroatoms. The molecule has 0 saturated heterocycles. The number of aryl methyl sites for hydroxylation is 1. The van der Waals surface area contributed by atoms with Crippen LogP contribution in [0.4, 0.5) is 0 Å². The molecule has 0 amide bonds. The highest BCUT2D eigenvalue weighted by atomic mass is 16.6. The summed E-state index contributed by atoms with van der Waals surface area (Å²) in [4.78, 5) is 11.7. The summed E-state index contributed by atoms with van der Waals surface area (Å²) in [6.07, 6.45) is 4.08. The van der Waals surface area contributed by atoms with Gasteiger partial charge in [0.05, 0.1) is 5.76 Å². The van der Waals surface area contributed by atoms with Crippen molar-refractivity contribution < 1.29 is 14.3 Å². The number of ether oxygens (including phenoxy) is 2. The van der Waals surface area contributed by atoms with Gasteiger partial charge in [-0.1, -0.05) is 99.7 Å². The minimum absolute atomic E-state index is 0.142. The average Bonchev–Trinajstić information content (AvgIpc) is 2.75. The van der Waals surface area contributed by atoms with Gasteiger partial charge in [-0.25, -0.2) is 4.79 Å². The van der Waals surface area contributed by atoms with Gasteiger partial charge in [0.2, 0.25) is 0 Å². The molecule has 3 nitrogen and oxygen atoms in total. The average molecular weight is 485 g/mol. The van der Waals surface area contributed by atoms with Crippen molar-refractivity contribution in [2.45, 2.75) is 101 Å². The zero-order valence-corrected chi connectivity index (χ0v) is 24.3. The zero-order chi connectivity index (χ0) is 27.0. The SMILES string of the molecule is C=C(C)C(=O)OCCOC(=C)C(C)(CCC(c1ccc(CC)cc1)C(C)(C)C)CC(C)C(C)(C)C. The predicted molar refractivity (Wildman–Crippen MR) is 149 cm³/mol.